The molecule has 0 aromatic heterocycles. The van der Waals surface area contributed by atoms with Gasteiger partial charge < -0.3 is 25.0 Å². The molecule has 1 heterocycles. The van der Waals surface area contributed by atoms with E-state index in [2.05, 4.69) is 20.5 Å². The van der Waals surface area contributed by atoms with Crippen molar-refractivity contribution in [3.8, 4) is 5.75 Å². The number of hydrogen-bond donors (Lipinski definition) is 2. The molecule has 1 fully saturated rings. The number of nitrogens with one attached hydrogen (secondary N) is 2. The molecule has 0 aliphatic carbocycles. The highest BCUT2D eigenvalue weighted by Gasteiger charge is 2.34. The first-order valence-corrected chi connectivity index (χ1v) is 10.6. The van der Waals surface area contributed by atoms with Crippen LogP contribution in [0, 0.1) is 0 Å². The number of aliphatic imine (C=N–C) groups is 1. The van der Waals surface area contributed by atoms with Crippen LogP contribution in [0.5, 0.6) is 5.75 Å². The van der Waals surface area contributed by atoms with Crippen molar-refractivity contribution >= 4 is 29.9 Å². The summed E-state index contributed by atoms with van der Waals surface area (Å²) < 4.78 is 51.6. The largest absolute Gasteiger partial charge is 0.488 e. The van der Waals surface area contributed by atoms with Gasteiger partial charge in [0.1, 0.15) is 11.4 Å². The molecule has 2 N–H and O–H groups in total. The molecule has 0 spiro atoms. The minimum absolute atomic E-state index is 0. The summed E-state index contributed by atoms with van der Waals surface area (Å²) in [5.41, 5.74) is -1.14. The van der Waals surface area contributed by atoms with Gasteiger partial charge in [-0.05, 0) is 51.3 Å². The third-order valence-electron chi connectivity index (χ3n) is 5.02. The molecular formula is C22H36F3IN4O2. The van der Waals surface area contributed by atoms with Crippen LogP contribution in [0.4, 0.5) is 13.2 Å². The van der Waals surface area contributed by atoms with E-state index in [9.17, 15) is 13.2 Å². The summed E-state index contributed by atoms with van der Waals surface area (Å²) in [6, 6.07) is 4.32. The smallest absolute Gasteiger partial charge is 0.416 e. The van der Waals surface area contributed by atoms with E-state index in [4.69, 9.17) is 9.47 Å². The topological polar surface area (TPSA) is 58.1 Å². The molecule has 1 aromatic carbocycles. The summed E-state index contributed by atoms with van der Waals surface area (Å²) in [5.74, 6) is 0.699. The average Bonchev–Trinajstić information content (AvgIpc) is 2.69. The fourth-order valence-electron chi connectivity index (χ4n) is 3.48. The van der Waals surface area contributed by atoms with Gasteiger partial charge in [-0.2, -0.15) is 13.2 Å². The number of guanidine groups is 1. The second-order valence-electron chi connectivity index (χ2n) is 8.71. The van der Waals surface area contributed by atoms with E-state index in [1.807, 2.05) is 0 Å². The summed E-state index contributed by atoms with van der Waals surface area (Å²) in [4.78, 5) is 6.52. The first-order chi connectivity index (χ1) is 14.5. The summed E-state index contributed by atoms with van der Waals surface area (Å²) in [6.07, 6.45) is -2.59. The number of nitrogens with zero attached hydrogens (tertiary/aromatic N) is 2. The first-order valence-electron chi connectivity index (χ1n) is 10.6. The van der Waals surface area contributed by atoms with Crippen LogP contribution in [0.2, 0.25) is 0 Å². The van der Waals surface area contributed by atoms with Gasteiger partial charge in [0.25, 0.3) is 0 Å². The number of likely N-dealkylation sites (tertiary alicyclic amines) is 1. The number of alkyl halides is 3. The van der Waals surface area contributed by atoms with Crippen molar-refractivity contribution in [1.82, 2.24) is 15.5 Å². The molecule has 10 heteroatoms. The molecule has 1 aliphatic rings. The number of rotatable bonds is 7. The van der Waals surface area contributed by atoms with Gasteiger partial charge in [-0.25, -0.2) is 0 Å². The number of methoxy groups -OCH3 is 1. The molecule has 0 saturated carbocycles. The quantitative estimate of drug-likeness (QED) is 0.291. The average molecular weight is 572 g/mol. The first kappa shape index (κ1) is 28.8. The highest BCUT2D eigenvalue weighted by Crippen LogP contribution is 2.35. The van der Waals surface area contributed by atoms with E-state index in [1.165, 1.54) is 6.07 Å². The van der Waals surface area contributed by atoms with Gasteiger partial charge in [-0.1, -0.05) is 6.07 Å². The van der Waals surface area contributed by atoms with Gasteiger partial charge in [-0.3, -0.25) is 4.99 Å². The van der Waals surface area contributed by atoms with Crippen molar-refractivity contribution in [2.45, 2.75) is 58.0 Å². The maximum atomic E-state index is 13.6. The molecule has 1 saturated heterocycles. The molecule has 0 unspecified atom stereocenters. The minimum Gasteiger partial charge on any atom is -0.488 e. The lowest BCUT2D eigenvalue weighted by molar-refractivity contribution is -0.138. The predicted molar refractivity (Wildman–Crippen MR) is 132 cm³/mol. The Balaban J connectivity index is 0.00000512. The van der Waals surface area contributed by atoms with Gasteiger partial charge in [0.2, 0.25) is 0 Å². The normalized spacial score (nSPS) is 16.4. The SMILES string of the molecule is CN=C(NCc1ccc(OC(C)(C)C)cc1C(F)(F)F)NC1CCN(CCOC)CC1.I. The number of benzene rings is 1. The van der Waals surface area contributed by atoms with E-state index in [0.29, 0.717) is 12.6 Å². The molecule has 0 radical (unpaired) electrons. The van der Waals surface area contributed by atoms with Gasteiger partial charge in [0.05, 0.1) is 12.2 Å². The van der Waals surface area contributed by atoms with Crippen LogP contribution < -0.4 is 15.4 Å². The van der Waals surface area contributed by atoms with E-state index < -0.39 is 17.3 Å². The van der Waals surface area contributed by atoms with Gasteiger partial charge in [0, 0.05) is 46.4 Å². The Morgan fingerprint density at radius 3 is 2.38 bits per heavy atom. The van der Waals surface area contributed by atoms with Gasteiger partial charge in [0.15, 0.2) is 5.96 Å². The molecule has 1 aromatic rings. The maximum absolute atomic E-state index is 13.6. The summed E-state index contributed by atoms with van der Waals surface area (Å²) in [5, 5.41) is 6.35. The zero-order valence-corrected chi connectivity index (χ0v) is 21.8. The second-order valence-corrected chi connectivity index (χ2v) is 8.71. The van der Waals surface area contributed by atoms with Gasteiger partial charge >= 0.3 is 6.18 Å². The minimum atomic E-state index is -4.47. The van der Waals surface area contributed by atoms with Crippen LogP contribution in [-0.2, 0) is 17.5 Å². The Kier molecular flexibility index (Phi) is 11.5. The van der Waals surface area contributed by atoms with Crippen molar-refractivity contribution in [3.63, 3.8) is 0 Å². The molecule has 6 nitrogen and oxygen atoms in total. The molecular weight excluding hydrogens is 536 g/mol. The lowest BCUT2D eigenvalue weighted by atomic mass is 10.0. The molecule has 1 aliphatic heterocycles. The Morgan fingerprint density at radius 2 is 1.84 bits per heavy atom. The third kappa shape index (κ3) is 9.70. The van der Waals surface area contributed by atoms with Crippen molar-refractivity contribution < 1.29 is 22.6 Å². The Labute approximate surface area is 206 Å². The van der Waals surface area contributed by atoms with Crippen molar-refractivity contribution in [1.29, 1.82) is 0 Å². The number of ether oxygens (including phenoxy) is 2. The van der Waals surface area contributed by atoms with E-state index >= 15 is 0 Å². The number of hydrogen-bond acceptors (Lipinski definition) is 4. The van der Waals surface area contributed by atoms with Crippen LogP contribution in [0.15, 0.2) is 23.2 Å². The zero-order valence-electron chi connectivity index (χ0n) is 19.5. The van der Waals surface area contributed by atoms with Crippen LogP contribution in [-0.4, -0.2) is 62.9 Å². The van der Waals surface area contributed by atoms with E-state index in [0.717, 1.165) is 38.5 Å². The molecule has 0 bridgehead atoms. The second kappa shape index (κ2) is 12.8. The molecule has 0 atom stereocenters. The summed E-state index contributed by atoms with van der Waals surface area (Å²) >= 11 is 0. The highest BCUT2D eigenvalue weighted by molar-refractivity contribution is 14.0. The van der Waals surface area contributed by atoms with Crippen LogP contribution >= 0.6 is 24.0 Å². The lowest BCUT2D eigenvalue weighted by Gasteiger charge is -2.32. The van der Waals surface area contributed by atoms with Gasteiger partial charge in [-0.15, -0.1) is 24.0 Å². The maximum Gasteiger partial charge on any atom is 0.416 e. The van der Waals surface area contributed by atoms with E-state index in [-0.39, 0.29) is 47.9 Å². The Hall–Kier alpha value is -1.27. The zero-order chi connectivity index (χ0) is 23.1. The van der Waals surface area contributed by atoms with Crippen molar-refractivity contribution in [2.24, 2.45) is 4.99 Å². The van der Waals surface area contributed by atoms with Crippen molar-refractivity contribution in [2.75, 3.05) is 40.4 Å². The Morgan fingerprint density at radius 1 is 1.19 bits per heavy atom. The van der Waals surface area contributed by atoms with E-state index in [1.54, 1.807) is 41.0 Å². The summed E-state index contributed by atoms with van der Waals surface area (Å²) in [7, 11) is 3.31. The number of piperidine rings is 1. The van der Waals surface area contributed by atoms with Crippen LogP contribution in [0.3, 0.4) is 0 Å². The fourth-order valence-corrected chi connectivity index (χ4v) is 3.48. The highest BCUT2D eigenvalue weighted by atomic mass is 127. The number of halogens is 4. The van der Waals surface area contributed by atoms with Crippen molar-refractivity contribution in [3.05, 3.63) is 29.3 Å². The third-order valence-corrected chi connectivity index (χ3v) is 5.02. The monoisotopic (exact) mass is 572 g/mol. The standard InChI is InChI=1S/C22H35F3N4O2.HI/c1-21(2,3)31-18-7-6-16(19(14-18)22(23,24)25)15-27-20(26-4)28-17-8-10-29(11-9-17)12-13-30-5;/h6-7,14,17H,8-13,15H2,1-5H3,(H2,26,27,28);1H. The summed E-state index contributed by atoms with van der Waals surface area (Å²) in [6.45, 7) is 8.93. The molecule has 0 amide bonds. The molecule has 32 heavy (non-hydrogen) atoms. The Bertz CT molecular complexity index is 731. The van der Waals surface area contributed by atoms with Crippen LogP contribution in [0.1, 0.15) is 44.7 Å². The lowest BCUT2D eigenvalue weighted by Crippen LogP contribution is -2.49. The molecule has 2 rings (SSSR count). The molecule has 184 valence electrons. The van der Waals surface area contributed by atoms with Crippen LogP contribution in [0.25, 0.3) is 0 Å². The fraction of sp³-hybridized carbons (Fsp3) is 0.682. The predicted octanol–water partition coefficient (Wildman–Crippen LogP) is 4.28.